The molecule has 0 fully saturated rings. The summed E-state index contributed by atoms with van der Waals surface area (Å²) in [6, 6.07) is 15.8. The summed E-state index contributed by atoms with van der Waals surface area (Å²) >= 11 is 4.38. The molecule has 1 amide bonds. The molecule has 4 aromatic rings. The first-order valence-electron chi connectivity index (χ1n) is 8.59. The number of carbonyl (C=O) groups is 1. The number of fused-ring (bicyclic) bond motifs is 1. The predicted octanol–water partition coefficient (Wildman–Crippen LogP) is 4.13. The zero-order valence-electron chi connectivity index (χ0n) is 15.0. The normalized spacial score (nSPS) is 11.0. The molecule has 3 heterocycles. The Morgan fingerprint density at radius 3 is 2.79 bits per heavy atom. The standard InChI is InChI=1S/C20H17N3O2S3/c1-23-19(25)15-10-16(13-6-3-2-4-7-13)28-18(15)22-20(23)27-12-17(24)21-11-14-8-5-9-26-14/h2-10H,11-12H2,1H3,(H,21,24). The quantitative estimate of drug-likeness (QED) is 0.371. The Morgan fingerprint density at radius 1 is 1.21 bits per heavy atom. The number of aromatic nitrogens is 2. The van der Waals surface area contributed by atoms with E-state index in [1.165, 1.54) is 27.7 Å². The molecule has 0 aliphatic rings. The van der Waals surface area contributed by atoms with Crippen LogP contribution in [0.1, 0.15) is 4.88 Å². The fourth-order valence-corrected chi connectivity index (χ4v) is 5.23. The van der Waals surface area contributed by atoms with Crippen molar-refractivity contribution in [1.29, 1.82) is 0 Å². The number of rotatable bonds is 6. The van der Waals surface area contributed by atoms with Gasteiger partial charge in [0.2, 0.25) is 5.91 Å². The van der Waals surface area contributed by atoms with E-state index in [9.17, 15) is 9.59 Å². The Kier molecular flexibility index (Phi) is 5.61. The van der Waals surface area contributed by atoms with Crippen LogP contribution in [-0.4, -0.2) is 21.2 Å². The van der Waals surface area contributed by atoms with Crippen LogP contribution in [0.4, 0.5) is 0 Å². The van der Waals surface area contributed by atoms with Crippen molar-refractivity contribution in [3.8, 4) is 10.4 Å². The lowest BCUT2D eigenvalue weighted by atomic mass is 10.2. The minimum Gasteiger partial charge on any atom is -0.350 e. The van der Waals surface area contributed by atoms with E-state index < -0.39 is 0 Å². The number of benzene rings is 1. The Balaban J connectivity index is 1.52. The minimum absolute atomic E-state index is 0.0797. The van der Waals surface area contributed by atoms with Gasteiger partial charge in [-0.25, -0.2) is 4.98 Å². The van der Waals surface area contributed by atoms with Crippen molar-refractivity contribution < 1.29 is 4.79 Å². The van der Waals surface area contributed by atoms with Gasteiger partial charge in [0.25, 0.3) is 5.56 Å². The van der Waals surface area contributed by atoms with Crippen LogP contribution in [-0.2, 0) is 18.4 Å². The van der Waals surface area contributed by atoms with Crippen LogP contribution in [0, 0.1) is 0 Å². The van der Waals surface area contributed by atoms with Gasteiger partial charge in [0, 0.05) is 16.8 Å². The molecular weight excluding hydrogens is 410 g/mol. The van der Waals surface area contributed by atoms with Crippen molar-refractivity contribution >= 4 is 50.6 Å². The predicted molar refractivity (Wildman–Crippen MR) is 117 cm³/mol. The molecule has 0 unspecified atom stereocenters. The van der Waals surface area contributed by atoms with Gasteiger partial charge in [-0.1, -0.05) is 48.2 Å². The summed E-state index contributed by atoms with van der Waals surface area (Å²) in [5, 5.41) is 6.03. The number of thioether (sulfide) groups is 1. The van der Waals surface area contributed by atoms with Crippen LogP contribution in [0.3, 0.4) is 0 Å². The number of hydrogen-bond donors (Lipinski definition) is 1. The number of nitrogens with one attached hydrogen (secondary N) is 1. The van der Waals surface area contributed by atoms with Gasteiger partial charge in [0.1, 0.15) is 4.83 Å². The third-order valence-corrected chi connectivity index (χ3v) is 7.15. The van der Waals surface area contributed by atoms with E-state index in [1.54, 1.807) is 18.4 Å². The molecule has 3 aromatic heterocycles. The average molecular weight is 428 g/mol. The molecule has 5 nitrogen and oxygen atoms in total. The second kappa shape index (κ2) is 8.30. The lowest BCUT2D eigenvalue weighted by Gasteiger charge is -2.07. The first-order valence-corrected chi connectivity index (χ1v) is 11.3. The molecule has 8 heteroatoms. The number of hydrogen-bond acceptors (Lipinski definition) is 6. The van der Waals surface area contributed by atoms with Crippen LogP contribution >= 0.6 is 34.4 Å². The maximum Gasteiger partial charge on any atom is 0.262 e. The topological polar surface area (TPSA) is 64.0 Å². The fourth-order valence-electron chi connectivity index (χ4n) is 2.70. The van der Waals surface area contributed by atoms with Crippen molar-refractivity contribution in [3.63, 3.8) is 0 Å². The fraction of sp³-hybridized carbons (Fsp3) is 0.150. The molecule has 0 bridgehead atoms. The SMILES string of the molecule is Cn1c(SCC(=O)NCc2cccs2)nc2sc(-c3ccccc3)cc2c1=O. The van der Waals surface area contributed by atoms with Crippen LogP contribution < -0.4 is 10.9 Å². The largest absolute Gasteiger partial charge is 0.350 e. The van der Waals surface area contributed by atoms with Crippen molar-refractivity contribution in [2.75, 3.05) is 5.75 Å². The number of amides is 1. The maximum absolute atomic E-state index is 12.7. The molecule has 28 heavy (non-hydrogen) atoms. The van der Waals surface area contributed by atoms with Crippen LogP contribution in [0.5, 0.6) is 0 Å². The molecule has 0 aliphatic heterocycles. The molecule has 0 saturated carbocycles. The summed E-state index contributed by atoms with van der Waals surface area (Å²) < 4.78 is 1.51. The molecule has 1 aromatic carbocycles. The highest BCUT2D eigenvalue weighted by molar-refractivity contribution is 7.99. The van der Waals surface area contributed by atoms with E-state index >= 15 is 0 Å². The molecule has 0 spiro atoms. The van der Waals surface area contributed by atoms with Crippen molar-refractivity contribution in [2.24, 2.45) is 7.05 Å². The summed E-state index contributed by atoms with van der Waals surface area (Å²) in [4.78, 5) is 32.3. The van der Waals surface area contributed by atoms with Gasteiger partial charge in [-0.05, 0) is 23.1 Å². The number of nitrogens with zero attached hydrogens (tertiary/aromatic N) is 2. The first kappa shape index (κ1) is 18.9. The molecule has 0 saturated heterocycles. The summed E-state index contributed by atoms with van der Waals surface area (Å²) in [5.74, 6) is 0.137. The molecule has 4 rings (SSSR count). The molecular formula is C20H17N3O2S3. The molecule has 0 aliphatic carbocycles. The summed E-state index contributed by atoms with van der Waals surface area (Å²) in [6.45, 7) is 0.522. The van der Waals surface area contributed by atoms with Gasteiger partial charge < -0.3 is 5.32 Å². The number of thiophene rings is 2. The zero-order valence-corrected chi connectivity index (χ0v) is 17.5. The van der Waals surface area contributed by atoms with Crippen LogP contribution in [0.15, 0.2) is 63.9 Å². The molecule has 142 valence electrons. The van der Waals surface area contributed by atoms with Gasteiger partial charge in [0.15, 0.2) is 5.16 Å². The zero-order chi connectivity index (χ0) is 19.5. The Hall–Kier alpha value is -2.42. The van der Waals surface area contributed by atoms with Gasteiger partial charge in [-0.2, -0.15) is 0 Å². The summed E-state index contributed by atoms with van der Waals surface area (Å²) in [7, 11) is 1.69. The molecule has 0 radical (unpaired) electrons. The van der Waals surface area contributed by atoms with Gasteiger partial charge in [-0.3, -0.25) is 14.2 Å². The van der Waals surface area contributed by atoms with Crippen molar-refractivity contribution in [1.82, 2.24) is 14.9 Å². The molecule has 1 N–H and O–H groups in total. The van der Waals surface area contributed by atoms with E-state index in [2.05, 4.69) is 10.3 Å². The van der Waals surface area contributed by atoms with E-state index in [-0.39, 0.29) is 17.2 Å². The minimum atomic E-state index is -0.0927. The van der Waals surface area contributed by atoms with Gasteiger partial charge in [0.05, 0.1) is 17.7 Å². The highest BCUT2D eigenvalue weighted by Gasteiger charge is 2.14. The van der Waals surface area contributed by atoms with Gasteiger partial charge >= 0.3 is 0 Å². The average Bonchev–Trinajstić information content (AvgIpc) is 3.38. The second-order valence-electron chi connectivity index (χ2n) is 6.10. The lowest BCUT2D eigenvalue weighted by molar-refractivity contribution is -0.118. The van der Waals surface area contributed by atoms with E-state index in [0.29, 0.717) is 21.9 Å². The Bertz CT molecular complexity index is 1160. The van der Waals surface area contributed by atoms with Crippen molar-refractivity contribution in [2.45, 2.75) is 11.7 Å². The van der Waals surface area contributed by atoms with Crippen LogP contribution in [0.2, 0.25) is 0 Å². The Morgan fingerprint density at radius 2 is 2.04 bits per heavy atom. The number of carbonyl (C=O) groups excluding carboxylic acids is 1. The van der Waals surface area contributed by atoms with Crippen molar-refractivity contribution in [3.05, 3.63) is 69.1 Å². The Labute approximate surface area is 174 Å². The lowest BCUT2D eigenvalue weighted by Crippen LogP contribution is -2.25. The van der Waals surface area contributed by atoms with E-state index in [4.69, 9.17) is 0 Å². The van der Waals surface area contributed by atoms with E-state index in [1.807, 2.05) is 53.9 Å². The highest BCUT2D eigenvalue weighted by Crippen LogP contribution is 2.31. The first-order chi connectivity index (χ1) is 13.6. The smallest absolute Gasteiger partial charge is 0.262 e. The molecule has 0 atom stereocenters. The van der Waals surface area contributed by atoms with Gasteiger partial charge in [-0.15, -0.1) is 22.7 Å². The maximum atomic E-state index is 12.7. The highest BCUT2D eigenvalue weighted by atomic mass is 32.2. The summed E-state index contributed by atoms with van der Waals surface area (Å²) in [5.41, 5.74) is 0.972. The third-order valence-electron chi connectivity index (χ3n) is 4.16. The van der Waals surface area contributed by atoms with E-state index in [0.717, 1.165) is 15.3 Å². The third kappa shape index (κ3) is 4.04. The second-order valence-corrected chi connectivity index (χ2v) is 9.10. The monoisotopic (exact) mass is 427 g/mol. The van der Waals surface area contributed by atoms with Crippen LogP contribution in [0.25, 0.3) is 20.7 Å². The summed E-state index contributed by atoms with van der Waals surface area (Å²) in [6.07, 6.45) is 0.